The van der Waals surface area contributed by atoms with E-state index in [0.29, 0.717) is 5.92 Å². The molecular formula is C22H31N5O4. The lowest BCUT2D eigenvalue weighted by atomic mass is 10.0. The minimum absolute atomic E-state index is 0.204. The van der Waals surface area contributed by atoms with Crippen molar-refractivity contribution in [2.24, 2.45) is 5.92 Å². The summed E-state index contributed by atoms with van der Waals surface area (Å²) in [4.78, 5) is 45.1. The van der Waals surface area contributed by atoms with Crippen LogP contribution in [0.5, 0.6) is 0 Å². The van der Waals surface area contributed by atoms with Crippen LogP contribution in [0.1, 0.15) is 26.3 Å². The number of rotatable bonds is 5. The second kappa shape index (κ2) is 8.47. The van der Waals surface area contributed by atoms with Crippen LogP contribution in [0.3, 0.4) is 0 Å². The highest BCUT2D eigenvalue weighted by Crippen LogP contribution is 2.34. The maximum Gasteiger partial charge on any atom is 0.328 e. The van der Waals surface area contributed by atoms with Crippen molar-refractivity contribution in [3.8, 4) is 0 Å². The van der Waals surface area contributed by atoms with Gasteiger partial charge in [-0.05, 0) is 37.0 Å². The van der Waals surface area contributed by atoms with E-state index in [2.05, 4.69) is 53.2 Å². The quantitative estimate of drug-likeness (QED) is 0.700. The molecule has 1 aromatic rings. The standard InChI is InChI=1S/C22H31N5O4/c1-5-15-7-9-16(10-8-15)25-11-14(3)12-26-18-19(23-21(25)26)24(4)22(30)27(20(18)29)13-17(28)31-6-2/h7-10,14,18-19,21,23H,5-6,11-13H2,1-4H3. The molecule has 0 aromatic heterocycles. The summed E-state index contributed by atoms with van der Waals surface area (Å²) in [5.74, 6) is -0.605. The van der Waals surface area contributed by atoms with Crippen molar-refractivity contribution < 1.29 is 19.1 Å². The van der Waals surface area contributed by atoms with Gasteiger partial charge in [-0.1, -0.05) is 26.0 Å². The van der Waals surface area contributed by atoms with E-state index in [1.54, 1.807) is 14.0 Å². The Bertz CT molecular complexity index is 860. The smallest absolute Gasteiger partial charge is 0.328 e. The first-order valence-electron chi connectivity index (χ1n) is 11.0. The van der Waals surface area contributed by atoms with Crippen molar-refractivity contribution >= 4 is 23.6 Å². The number of benzene rings is 1. The number of likely N-dealkylation sites (N-methyl/N-ethyl adjacent to an activating group) is 1. The van der Waals surface area contributed by atoms with Gasteiger partial charge < -0.3 is 14.5 Å². The molecule has 3 aliphatic rings. The zero-order valence-electron chi connectivity index (χ0n) is 18.6. The summed E-state index contributed by atoms with van der Waals surface area (Å²) in [7, 11) is 1.67. The molecule has 0 aliphatic carbocycles. The molecule has 4 unspecified atom stereocenters. The Labute approximate surface area is 182 Å². The highest BCUT2D eigenvalue weighted by Gasteiger charge is 2.57. The number of imide groups is 1. The van der Waals surface area contributed by atoms with Crippen LogP contribution in [0, 0.1) is 5.92 Å². The van der Waals surface area contributed by atoms with E-state index in [4.69, 9.17) is 4.74 Å². The molecule has 31 heavy (non-hydrogen) atoms. The fourth-order valence-electron chi connectivity index (χ4n) is 4.82. The number of aryl methyl sites for hydroxylation is 1. The first-order chi connectivity index (χ1) is 14.8. The van der Waals surface area contributed by atoms with Crippen molar-refractivity contribution in [1.29, 1.82) is 0 Å². The molecule has 4 atom stereocenters. The summed E-state index contributed by atoms with van der Waals surface area (Å²) >= 11 is 0. The highest BCUT2D eigenvalue weighted by molar-refractivity contribution is 6.02. The third kappa shape index (κ3) is 3.76. The van der Waals surface area contributed by atoms with E-state index >= 15 is 0 Å². The van der Waals surface area contributed by atoms with Gasteiger partial charge in [-0.2, -0.15) is 0 Å². The molecule has 1 aromatic carbocycles. The van der Waals surface area contributed by atoms with Crippen LogP contribution >= 0.6 is 0 Å². The van der Waals surface area contributed by atoms with Crippen LogP contribution in [0.15, 0.2) is 24.3 Å². The van der Waals surface area contributed by atoms with Gasteiger partial charge in [0.1, 0.15) is 25.0 Å². The normalized spacial score (nSPS) is 28.6. The van der Waals surface area contributed by atoms with Crippen molar-refractivity contribution in [2.75, 3.05) is 38.2 Å². The van der Waals surface area contributed by atoms with Crippen molar-refractivity contribution in [2.45, 2.75) is 45.7 Å². The minimum atomic E-state index is -0.580. The minimum Gasteiger partial charge on any atom is -0.465 e. The highest BCUT2D eigenvalue weighted by atomic mass is 16.5. The lowest BCUT2D eigenvalue weighted by Gasteiger charge is -2.45. The molecule has 0 spiro atoms. The molecule has 4 rings (SSSR count). The van der Waals surface area contributed by atoms with Gasteiger partial charge in [0.15, 0.2) is 0 Å². The third-order valence-corrected chi connectivity index (χ3v) is 6.35. The van der Waals surface area contributed by atoms with Gasteiger partial charge in [-0.15, -0.1) is 0 Å². The van der Waals surface area contributed by atoms with E-state index in [9.17, 15) is 14.4 Å². The number of nitrogens with zero attached hydrogens (tertiary/aromatic N) is 4. The lowest BCUT2D eigenvalue weighted by molar-refractivity contribution is -0.151. The number of esters is 1. The average molecular weight is 430 g/mol. The van der Waals surface area contributed by atoms with Crippen LogP contribution in [-0.4, -0.2) is 84.4 Å². The molecule has 3 heterocycles. The van der Waals surface area contributed by atoms with Crippen molar-refractivity contribution in [3.05, 3.63) is 29.8 Å². The molecule has 168 valence electrons. The number of amides is 3. The Balaban J connectivity index is 1.62. The van der Waals surface area contributed by atoms with Crippen LogP contribution in [0.25, 0.3) is 0 Å². The van der Waals surface area contributed by atoms with E-state index in [1.165, 1.54) is 10.5 Å². The SMILES string of the molecule is CCOC(=O)CN1C(=O)C2C(NC3N(c4ccc(CC)cc4)CC(C)CN23)N(C)C1=O. The Hall–Kier alpha value is -2.65. The van der Waals surface area contributed by atoms with Crippen LogP contribution in [0.4, 0.5) is 10.5 Å². The molecule has 3 amide bonds. The number of fused-ring (bicyclic) bond motifs is 3. The fourth-order valence-corrected chi connectivity index (χ4v) is 4.82. The summed E-state index contributed by atoms with van der Waals surface area (Å²) in [5.41, 5.74) is 2.35. The Morgan fingerprint density at radius 1 is 1.16 bits per heavy atom. The third-order valence-electron chi connectivity index (χ3n) is 6.35. The molecule has 3 fully saturated rings. The summed E-state index contributed by atoms with van der Waals surface area (Å²) < 4.78 is 4.96. The largest absolute Gasteiger partial charge is 0.465 e. The monoisotopic (exact) mass is 429 g/mol. The Kier molecular flexibility index (Phi) is 5.90. The second-order valence-electron chi connectivity index (χ2n) is 8.53. The predicted molar refractivity (Wildman–Crippen MR) is 115 cm³/mol. The maximum absolute atomic E-state index is 13.4. The summed E-state index contributed by atoms with van der Waals surface area (Å²) in [5, 5.41) is 3.50. The second-order valence-corrected chi connectivity index (χ2v) is 8.53. The van der Waals surface area contributed by atoms with E-state index in [0.717, 1.165) is 30.1 Å². The topological polar surface area (TPSA) is 85.4 Å². The summed E-state index contributed by atoms with van der Waals surface area (Å²) in [6, 6.07) is 7.44. The summed E-state index contributed by atoms with van der Waals surface area (Å²) in [6.45, 7) is 7.40. The van der Waals surface area contributed by atoms with Crippen LogP contribution < -0.4 is 10.2 Å². The van der Waals surface area contributed by atoms with E-state index in [1.807, 2.05) is 0 Å². The van der Waals surface area contributed by atoms with Gasteiger partial charge in [-0.25, -0.2) is 4.79 Å². The Morgan fingerprint density at radius 2 is 1.87 bits per heavy atom. The van der Waals surface area contributed by atoms with E-state index in [-0.39, 0.29) is 25.3 Å². The maximum atomic E-state index is 13.4. The van der Waals surface area contributed by atoms with E-state index < -0.39 is 24.2 Å². The molecule has 0 saturated carbocycles. The van der Waals surface area contributed by atoms with Gasteiger partial charge in [0.25, 0.3) is 5.91 Å². The molecular weight excluding hydrogens is 398 g/mol. The number of ether oxygens (including phenoxy) is 1. The molecule has 9 nitrogen and oxygen atoms in total. The molecule has 3 aliphatic heterocycles. The summed E-state index contributed by atoms with van der Waals surface area (Å²) in [6.07, 6.45) is 0.318. The molecule has 0 radical (unpaired) electrons. The number of hydrogen-bond donors (Lipinski definition) is 1. The number of anilines is 1. The predicted octanol–water partition coefficient (Wildman–Crippen LogP) is 1.05. The Morgan fingerprint density at radius 3 is 2.52 bits per heavy atom. The van der Waals surface area contributed by atoms with Gasteiger partial charge in [0, 0.05) is 25.8 Å². The van der Waals surface area contributed by atoms with Gasteiger partial charge in [-0.3, -0.25) is 24.7 Å². The number of urea groups is 1. The zero-order chi connectivity index (χ0) is 22.3. The molecule has 0 bridgehead atoms. The molecule has 9 heteroatoms. The fraction of sp³-hybridized carbons (Fsp3) is 0.591. The number of carbonyl (C=O) groups excluding carboxylic acids is 3. The first kappa shape index (κ1) is 21.6. The lowest BCUT2D eigenvalue weighted by Crippen LogP contribution is -2.67. The number of hydrogen-bond acceptors (Lipinski definition) is 7. The van der Waals surface area contributed by atoms with Crippen molar-refractivity contribution in [3.63, 3.8) is 0 Å². The molecule has 3 saturated heterocycles. The van der Waals surface area contributed by atoms with Gasteiger partial charge in [0.2, 0.25) is 0 Å². The van der Waals surface area contributed by atoms with Gasteiger partial charge >= 0.3 is 12.0 Å². The van der Waals surface area contributed by atoms with Gasteiger partial charge in [0.05, 0.1) is 6.61 Å². The van der Waals surface area contributed by atoms with Crippen LogP contribution in [0.2, 0.25) is 0 Å². The number of carbonyl (C=O) groups is 3. The number of nitrogens with one attached hydrogen (secondary N) is 1. The average Bonchev–Trinajstić information content (AvgIpc) is 3.14. The first-order valence-corrected chi connectivity index (χ1v) is 11.0. The van der Waals surface area contributed by atoms with Crippen molar-refractivity contribution in [1.82, 2.24) is 20.0 Å². The van der Waals surface area contributed by atoms with Crippen LogP contribution in [-0.2, 0) is 20.7 Å². The molecule has 1 N–H and O–H groups in total. The zero-order valence-corrected chi connectivity index (χ0v) is 18.6.